The monoisotopic (exact) mass is 95.1 g/mol. The van der Waals surface area contributed by atoms with Crippen molar-refractivity contribution in [2.24, 2.45) is 11.3 Å². The van der Waals surface area contributed by atoms with Gasteiger partial charge in [-0.2, -0.15) is 0 Å². The Hall–Kier alpha value is 0. The summed E-state index contributed by atoms with van der Waals surface area (Å²) in [7, 11) is 0. The summed E-state index contributed by atoms with van der Waals surface area (Å²) in [6.07, 6.45) is 5.78. The van der Waals surface area contributed by atoms with E-state index in [0.717, 1.165) is 5.92 Å². The van der Waals surface area contributed by atoms with E-state index in [2.05, 4.69) is 6.92 Å². The Bertz CT molecular complexity index is 86.2. The van der Waals surface area contributed by atoms with Gasteiger partial charge in [-0.05, 0) is 43.9 Å². The molecule has 2 saturated carbocycles. The van der Waals surface area contributed by atoms with E-state index in [9.17, 15) is 0 Å². The fourth-order valence-corrected chi connectivity index (χ4v) is 1.26. The molecule has 0 atom stereocenters. The summed E-state index contributed by atoms with van der Waals surface area (Å²) >= 11 is 0. The van der Waals surface area contributed by atoms with Crippen LogP contribution in [0.15, 0.2) is 0 Å². The molecular formula is C7H11. The summed E-state index contributed by atoms with van der Waals surface area (Å²) in [6.45, 7) is 4.14. The standard InChI is InChI=1S/C7H11/c1-7(4-5-7)6-2-3-6/h6H,1-5H2. The molecule has 0 nitrogen and oxygen atoms in total. The van der Waals surface area contributed by atoms with Gasteiger partial charge in [0.05, 0.1) is 0 Å². The lowest BCUT2D eigenvalue weighted by molar-refractivity contribution is 0.553. The zero-order valence-corrected chi connectivity index (χ0v) is 4.61. The van der Waals surface area contributed by atoms with E-state index < -0.39 is 0 Å². The molecule has 2 aliphatic rings. The average molecular weight is 95.2 g/mol. The molecule has 0 aliphatic heterocycles. The highest BCUT2D eigenvalue weighted by Gasteiger charge is 2.49. The van der Waals surface area contributed by atoms with Crippen LogP contribution in [-0.4, -0.2) is 0 Å². The first-order valence-electron chi connectivity index (χ1n) is 3.17. The molecule has 0 heteroatoms. The van der Waals surface area contributed by atoms with Crippen LogP contribution in [0.5, 0.6) is 0 Å². The highest BCUT2D eigenvalue weighted by molar-refractivity contribution is 5.05. The molecule has 0 aromatic heterocycles. The minimum absolute atomic E-state index is 0.611. The Kier molecular flexibility index (Phi) is 0.499. The summed E-state index contributed by atoms with van der Waals surface area (Å²) < 4.78 is 0. The van der Waals surface area contributed by atoms with Gasteiger partial charge in [0.15, 0.2) is 0 Å². The minimum atomic E-state index is 0.611. The van der Waals surface area contributed by atoms with E-state index >= 15 is 0 Å². The molecule has 7 heavy (non-hydrogen) atoms. The van der Waals surface area contributed by atoms with Crippen molar-refractivity contribution in [3.63, 3.8) is 0 Å². The van der Waals surface area contributed by atoms with Crippen LogP contribution in [0.2, 0.25) is 0 Å². The van der Waals surface area contributed by atoms with Crippen molar-refractivity contribution < 1.29 is 0 Å². The van der Waals surface area contributed by atoms with Crippen molar-refractivity contribution in [1.82, 2.24) is 0 Å². The highest BCUT2D eigenvalue weighted by atomic mass is 14.5. The molecule has 2 aliphatic carbocycles. The lowest BCUT2D eigenvalue weighted by Crippen LogP contribution is -1.93. The van der Waals surface area contributed by atoms with Gasteiger partial charge in [0.1, 0.15) is 0 Å². The fourth-order valence-electron chi connectivity index (χ4n) is 1.26. The van der Waals surface area contributed by atoms with Crippen LogP contribution >= 0.6 is 0 Å². The van der Waals surface area contributed by atoms with Crippen molar-refractivity contribution in [3.8, 4) is 0 Å². The first-order chi connectivity index (χ1) is 3.31. The number of hydrogen-bond acceptors (Lipinski definition) is 0. The molecule has 39 valence electrons. The van der Waals surface area contributed by atoms with Crippen molar-refractivity contribution in [1.29, 1.82) is 0 Å². The summed E-state index contributed by atoms with van der Waals surface area (Å²) in [5, 5.41) is 0. The van der Waals surface area contributed by atoms with Crippen LogP contribution in [-0.2, 0) is 0 Å². The Balaban J connectivity index is 2.04. The van der Waals surface area contributed by atoms with E-state index in [1.807, 2.05) is 0 Å². The smallest absolute Gasteiger partial charge is 0.0269 e. The maximum absolute atomic E-state index is 4.14. The summed E-state index contributed by atoms with van der Waals surface area (Å²) in [5.74, 6) is 1.05. The quantitative estimate of drug-likeness (QED) is 0.467. The van der Waals surface area contributed by atoms with Crippen LogP contribution in [0.3, 0.4) is 0 Å². The molecule has 1 radical (unpaired) electrons. The van der Waals surface area contributed by atoms with Crippen LogP contribution in [0.1, 0.15) is 25.7 Å². The molecule has 0 heterocycles. The first kappa shape index (κ1) is 3.94. The van der Waals surface area contributed by atoms with Gasteiger partial charge in [0.2, 0.25) is 0 Å². The molecular weight excluding hydrogens is 84.1 g/mol. The van der Waals surface area contributed by atoms with Gasteiger partial charge in [-0.15, -0.1) is 0 Å². The predicted molar refractivity (Wildman–Crippen MR) is 29.7 cm³/mol. The third-order valence-corrected chi connectivity index (χ3v) is 2.34. The van der Waals surface area contributed by atoms with Crippen LogP contribution < -0.4 is 0 Å². The molecule has 0 aromatic carbocycles. The second kappa shape index (κ2) is 0.888. The topological polar surface area (TPSA) is 0 Å². The van der Waals surface area contributed by atoms with Crippen LogP contribution in [0.4, 0.5) is 0 Å². The number of rotatable bonds is 1. The molecule has 2 fully saturated rings. The zero-order valence-electron chi connectivity index (χ0n) is 4.61. The van der Waals surface area contributed by atoms with E-state index in [0.29, 0.717) is 5.41 Å². The lowest BCUT2D eigenvalue weighted by atomic mass is 10.1. The average Bonchev–Trinajstić information content (AvgIpc) is 2.14. The highest BCUT2D eigenvalue weighted by Crippen LogP contribution is 2.60. The largest absolute Gasteiger partial charge is 0.0496 e. The van der Waals surface area contributed by atoms with Gasteiger partial charge in [-0.1, -0.05) is 0 Å². The predicted octanol–water partition coefficient (Wildman–Crippen LogP) is 2.01. The Morgan fingerprint density at radius 2 is 1.86 bits per heavy atom. The van der Waals surface area contributed by atoms with Gasteiger partial charge in [-0.25, -0.2) is 0 Å². The van der Waals surface area contributed by atoms with E-state index in [1.54, 1.807) is 0 Å². The molecule has 0 amide bonds. The normalized spacial score (nSPS) is 35.6. The minimum Gasteiger partial charge on any atom is -0.0496 e. The van der Waals surface area contributed by atoms with E-state index in [4.69, 9.17) is 0 Å². The summed E-state index contributed by atoms with van der Waals surface area (Å²) in [6, 6.07) is 0. The summed E-state index contributed by atoms with van der Waals surface area (Å²) in [5.41, 5.74) is 0.611. The second-order valence-corrected chi connectivity index (χ2v) is 3.14. The van der Waals surface area contributed by atoms with Crippen LogP contribution in [0, 0.1) is 18.3 Å². The van der Waals surface area contributed by atoms with Gasteiger partial charge >= 0.3 is 0 Å². The third-order valence-electron chi connectivity index (χ3n) is 2.34. The Morgan fingerprint density at radius 1 is 1.29 bits per heavy atom. The van der Waals surface area contributed by atoms with Crippen LogP contribution in [0.25, 0.3) is 0 Å². The number of hydrogen-bond donors (Lipinski definition) is 0. The zero-order chi connectivity index (χ0) is 4.91. The van der Waals surface area contributed by atoms with Gasteiger partial charge < -0.3 is 0 Å². The van der Waals surface area contributed by atoms with Gasteiger partial charge in [-0.3, -0.25) is 0 Å². The maximum atomic E-state index is 4.14. The summed E-state index contributed by atoms with van der Waals surface area (Å²) in [4.78, 5) is 0. The lowest BCUT2D eigenvalue weighted by Gasteiger charge is -2.00. The van der Waals surface area contributed by atoms with E-state index in [-0.39, 0.29) is 0 Å². The molecule has 0 aromatic rings. The van der Waals surface area contributed by atoms with Gasteiger partial charge in [0, 0.05) is 0 Å². The van der Waals surface area contributed by atoms with Gasteiger partial charge in [0.25, 0.3) is 0 Å². The third kappa shape index (κ3) is 0.490. The molecule has 0 saturated heterocycles. The first-order valence-corrected chi connectivity index (χ1v) is 3.17. The van der Waals surface area contributed by atoms with Crippen molar-refractivity contribution in [2.45, 2.75) is 25.7 Å². The van der Waals surface area contributed by atoms with Crippen molar-refractivity contribution >= 4 is 0 Å². The SMILES string of the molecule is [CH2]C1(C2CC2)CC1. The molecule has 2 rings (SSSR count). The van der Waals surface area contributed by atoms with Crippen molar-refractivity contribution in [3.05, 3.63) is 6.92 Å². The second-order valence-electron chi connectivity index (χ2n) is 3.14. The van der Waals surface area contributed by atoms with E-state index in [1.165, 1.54) is 25.7 Å². The van der Waals surface area contributed by atoms with Crippen molar-refractivity contribution in [2.75, 3.05) is 0 Å². The maximum Gasteiger partial charge on any atom is -0.0269 e. The molecule has 0 bridgehead atoms. The fraction of sp³-hybridized carbons (Fsp3) is 0.857. The Labute approximate surface area is 44.9 Å². The molecule has 0 N–H and O–H groups in total. The molecule has 0 spiro atoms. The Morgan fingerprint density at radius 3 is 2.00 bits per heavy atom. The molecule has 0 unspecified atom stereocenters.